The Morgan fingerprint density at radius 1 is 1.14 bits per heavy atom. The number of rotatable bonds is 5. The van der Waals surface area contributed by atoms with Crippen LogP contribution in [-0.4, -0.2) is 19.1 Å². The van der Waals surface area contributed by atoms with Crippen molar-refractivity contribution in [2.24, 2.45) is 0 Å². The molecule has 0 N–H and O–H groups in total. The molecular formula is C14H11Cl2NO4S. The zero-order chi connectivity index (χ0) is 16.3. The fourth-order valence-corrected chi connectivity index (χ4v) is 4.23. The van der Waals surface area contributed by atoms with E-state index in [0.717, 1.165) is 12.1 Å². The van der Waals surface area contributed by atoms with Gasteiger partial charge in [0, 0.05) is 11.1 Å². The van der Waals surface area contributed by atoms with Crippen LogP contribution in [0.5, 0.6) is 0 Å². The molecule has 2 rings (SSSR count). The maximum Gasteiger partial charge on any atom is 0.289 e. The van der Waals surface area contributed by atoms with E-state index in [1.165, 1.54) is 6.07 Å². The molecule has 0 unspecified atom stereocenters. The molecule has 0 aromatic heterocycles. The van der Waals surface area contributed by atoms with Crippen LogP contribution in [0.3, 0.4) is 0 Å². The molecule has 5 nitrogen and oxygen atoms in total. The lowest BCUT2D eigenvalue weighted by Crippen LogP contribution is -2.13. The predicted molar refractivity (Wildman–Crippen MR) is 85.2 cm³/mol. The van der Waals surface area contributed by atoms with E-state index in [2.05, 4.69) is 0 Å². The number of hydrogen-bond donors (Lipinski definition) is 0. The lowest BCUT2D eigenvalue weighted by molar-refractivity contribution is -0.387. The standard InChI is InChI=1S/C14H11Cl2NO4S/c15-11-6-7-14(13(8-11)17(18)19)22(20,21)9-12(16)10-4-2-1-3-5-10/h1-8,12H,9H2/t12-/m1/s1. The first-order valence-electron chi connectivity index (χ1n) is 6.17. The van der Waals surface area contributed by atoms with Crippen LogP contribution in [0, 0.1) is 10.1 Å². The van der Waals surface area contributed by atoms with Crippen molar-refractivity contribution >= 4 is 38.7 Å². The van der Waals surface area contributed by atoms with E-state index in [1.54, 1.807) is 30.3 Å². The van der Waals surface area contributed by atoms with Gasteiger partial charge in [0.05, 0.1) is 16.1 Å². The molecule has 0 heterocycles. The highest BCUT2D eigenvalue weighted by atomic mass is 35.5. The first kappa shape index (κ1) is 16.7. The van der Waals surface area contributed by atoms with Crippen molar-refractivity contribution in [2.75, 3.05) is 5.75 Å². The molecule has 0 saturated heterocycles. The maximum absolute atomic E-state index is 12.4. The number of sulfone groups is 1. The van der Waals surface area contributed by atoms with Gasteiger partial charge in [-0.05, 0) is 17.7 Å². The fraction of sp³-hybridized carbons (Fsp3) is 0.143. The summed E-state index contributed by atoms with van der Waals surface area (Å²) < 4.78 is 24.8. The summed E-state index contributed by atoms with van der Waals surface area (Å²) in [4.78, 5) is 9.87. The third-order valence-electron chi connectivity index (χ3n) is 2.98. The van der Waals surface area contributed by atoms with Gasteiger partial charge in [0.2, 0.25) is 0 Å². The molecule has 2 aromatic rings. The zero-order valence-electron chi connectivity index (χ0n) is 11.1. The SMILES string of the molecule is O=[N+]([O-])c1cc(Cl)ccc1S(=O)(=O)C[C@@H](Cl)c1ccccc1. The van der Waals surface area contributed by atoms with Crippen molar-refractivity contribution in [3.63, 3.8) is 0 Å². The third kappa shape index (κ3) is 3.76. The molecular weight excluding hydrogens is 349 g/mol. The van der Waals surface area contributed by atoms with Gasteiger partial charge in [-0.25, -0.2) is 8.42 Å². The summed E-state index contributed by atoms with van der Waals surface area (Å²) in [6.07, 6.45) is 0. The van der Waals surface area contributed by atoms with Crippen LogP contribution in [0.25, 0.3) is 0 Å². The van der Waals surface area contributed by atoms with Gasteiger partial charge < -0.3 is 0 Å². The zero-order valence-corrected chi connectivity index (χ0v) is 13.5. The molecule has 0 aliphatic heterocycles. The molecule has 1 atom stereocenters. The Hall–Kier alpha value is -1.63. The average Bonchev–Trinajstić information content (AvgIpc) is 2.47. The Kier molecular flexibility index (Phi) is 5.05. The van der Waals surface area contributed by atoms with Gasteiger partial charge in [0.25, 0.3) is 5.69 Å². The number of nitro groups is 1. The Balaban J connectivity index is 2.37. The molecule has 0 aliphatic carbocycles. The summed E-state index contributed by atoms with van der Waals surface area (Å²) in [5.41, 5.74) is 0.0776. The van der Waals surface area contributed by atoms with Gasteiger partial charge in [-0.15, -0.1) is 11.6 Å². The third-order valence-corrected chi connectivity index (χ3v) is 5.59. The number of benzene rings is 2. The Morgan fingerprint density at radius 3 is 2.36 bits per heavy atom. The minimum atomic E-state index is -3.93. The van der Waals surface area contributed by atoms with Crippen LogP contribution in [0.2, 0.25) is 5.02 Å². The second kappa shape index (κ2) is 6.64. The Morgan fingerprint density at radius 2 is 1.77 bits per heavy atom. The second-order valence-electron chi connectivity index (χ2n) is 4.53. The van der Waals surface area contributed by atoms with Gasteiger partial charge in [-0.1, -0.05) is 41.9 Å². The van der Waals surface area contributed by atoms with Crippen LogP contribution < -0.4 is 0 Å². The topological polar surface area (TPSA) is 77.3 Å². The van der Waals surface area contributed by atoms with Crippen LogP contribution in [0.1, 0.15) is 10.9 Å². The van der Waals surface area contributed by atoms with Crippen LogP contribution in [-0.2, 0) is 9.84 Å². The van der Waals surface area contributed by atoms with Crippen molar-refractivity contribution in [2.45, 2.75) is 10.3 Å². The van der Waals surface area contributed by atoms with Crippen LogP contribution >= 0.6 is 23.2 Å². The molecule has 0 aliphatic rings. The molecule has 0 spiro atoms. The van der Waals surface area contributed by atoms with E-state index in [4.69, 9.17) is 23.2 Å². The highest BCUT2D eigenvalue weighted by Gasteiger charge is 2.28. The van der Waals surface area contributed by atoms with E-state index in [0.29, 0.717) is 5.56 Å². The van der Waals surface area contributed by atoms with Gasteiger partial charge in [-0.2, -0.15) is 0 Å². The second-order valence-corrected chi connectivity index (χ2v) is 7.49. The Labute approximate surface area is 137 Å². The molecule has 0 bridgehead atoms. The quantitative estimate of drug-likeness (QED) is 0.459. The van der Waals surface area contributed by atoms with Crippen LogP contribution in [0.4, 0.5) is 5.69 Å². The monoisotopic (exact) mass is 359 g/mol. The van der Waals surface area contributed by atoms with E-state index < -0.39 is 31.6 Å². The van der Waals surface area contributed by atoms with Crippen molar-refractivity contribution < 1.29 is 13.3 Å². The molecule has 22 heavy (non-hydrogen) atoms. The van der Waals surface area contributed by atoms with E-state index in [1.807, 2.05) is 0 Å². The summed E-state index contributed by atoms with van der Waals surface area (Å²) in [6.45, 7) is 0. The van der Waals surface area contributed by atoms with Crippen molar-refractivity contribution in [3.05, 3.63) is 69.2 Å². The number of alkyl halides is 1. The number of hydrogen-bond acceptors (Lipinski definition) is 4. The number of halogens is 2. The summed E-state index contributed by atoms with van der Waals surface area (Å²) >= 11 is 11.8. The molecule has 2 aromatic carbocycles. The molecule has 116 valence electrons. The van der Waals surface area contributed by atoms with E-state index in [9.17, 15) is 18.5 Å². The summed E-state index contributed by atoms with van der Waals surface area (Å²) in [7, 11) is -3.93. The predicted octanol–water partition coefficient (Wildman–Crippen LogP) is 4.00. The minimum Gasteiger partial charge on any atom is -0.258 e. The summed E-state index contributed by atoms with van der Waals surface area (Å²) in [6, 6.07) is 12.1. The molecule has 0 radical (unpaired) electrons. The van der Waals surface area contributed by atoms with Crippen LogP contribution in [0.15, 0.2) is 53.4 Å². The lowest BCUT2D eigenvalue weighted by Gasteiger charge is -2.11. The van der Waals surface area contributed by atoms with Crippen molar-refractivity contribution in [1.29, 1.82) is 0 Å². The molecule has 0 saturated carbocycles. The highest BCUT2D eigenvalue weighted by molar-refractivity contribution is 7.91. The summed E-state index contributed by atoms with van der Waals surface area (Å²) in [5.74, 6) is -0.443. The van der Waals surface area contributed by atoms with Crippen molar-refractivity contribution in [1.82, 2.24) is 0 Å². The molecule has 8 heteroatoms. The van der Waals surface area contributed by atoms with Gasteiger partial charge >= 0.3 is 0 Å². The van der Waals surface area contributed by atoms with E-state index >= 15 is 0 Å². The largest absolute Gasteiger partial charge is 0.289 e. The van der Waals surface area contributed by atoms with Crippen molar-refractivity contribution in [3.8, 4) is 0 Å². The molecule has 0 fully saturated rings. The number of nitrogens with zero attached hydrogens (tertiary/aromatic N) is 1. The maximum atomic E-state index is 12.4. The summed E-state index contributed by atoms with van der Waals surface area (Å²) in [5, 5.41) is 10.3. The minimum absolute atomic E-state index is 0.0936. The first-order chi connectivity index (χ1) is 10.3. The Bertz CT molecular complexity index is 794. The highest BCUT2D eigenvalue weighted by Crippen LogP contribution is 2.31. The number of nitro benzene ring substituents is 1. The normalized spacial score (nSPS) is 12.8. The van der Waals surface area contributed by atoms with E-state index in [-0.39, 0.29) is 9.92 Å². The van der Waals surface area contributed by atoms with Gasteiger partial charge in [0.15, 0.2) is 9.84 Å². The first-order valence-corrected chi connectivity index (χ1v) is 8.63. The average molecular weight is 360 g/mol. The van der Waals surface area contributed by atoms with Gasteiger partial charge in [0.1, 0.15) is 4.90 Å². The smallest absolute Gasteiger partial charge is 0.258 e. The van der Waals surface area contributed by atoms with Gasteiger partial charge in [-0.3, -0.25) is 10.1 Å². The lowest BCUT2D eigenvalue weighted by atomic mass is 10.2. The molecule has 0 amide bonds. The fourth-order valence-electron chi connectivity index (χ4n) is 1.94.